The van der Waals surface area contributed by atoms with E-state index in [2.05, 4.69) is 10.3 Å². The minimum Gasteiger partial charge on any atom is -0.397 e. The quantitative estimate of drug-likeness (QED) is 0.689. The first-order chi connectivity index (χ1) is 7.69. The molecule has 0 bridgehead atoms. The maximum atomic E-state index is 11.6. The highest BCUT2D eigenvalue weighted by Gasteiger charge is 2.12. The number of carbonyl (C=O) groups excluding carboxylic acids is 1. The highest BCUT2D eigenvalue weighted by atomic mass is 16.7. The first-order valence-corrected chi connectivity index (χ1v) is 4.73. The largest absolute Gasteiger partial charge is 0.397 e. The predicted octanol–water partition coefficient (Wildman–Crippen LogP) is 0.0125. The van der Waals surface area contributed by atoms with Crippen LogP contribution in [0.15, 0.2) is 18.3 Å². The third kappa shape index (κ3) is 3.18. The number of amides is 1. The zero-order valence-electron chi connectivity index (χ0n) is 9.27. The monoisotopic (exact) mass is 225 g/mol. The molecule has 6 nitrogen and oxygen atoms in total. The van der Waals surface area contributed by atoms with Crippen molar-refractivity contribution < 1.29 is 14.3 Å². The van der Waals surface area contributed by atoms with Crippen LogP contribution in [0, 0.1) is 0 Å². The molecule has 0 aliphatic heterocycles. The van der Waals surface area contributed by atoms with Gasteiger partial charge in [-0.15, -0.1) is 0 Å². The molecule has 1 amide bonds. The summed E-state index contributed by atoms with van der Waals surface area (Å²) in [7, 11) is 2.99. The third-order valence-corrected chi connectivity index (χ3v) is 2.01. The number of hydrogen-bond donors (Lipinski definition) is 2. The van der Waals surface area contributed by atoms with Crippen molar-refractivity contribution in [2.24, 2.45) is 0 Å². The number of pyridine rings is 1. The van der Waals surface area contributed by atoms with Crippen molar-refractivity contribution in [3.05, 3.63) is 24.0 Å². The Morgan fingerprint density at radius 1 is 1.56 bits per heavy atom. The lowest BCUT2D eigenvalue weighted by molar-refractivity contribution is -0.0974. The van der Waals surface area contributed by atoms with Crippen LogP contribution >= 0.6 is 0 Å². The number of rotatable bonds is 5. The molecule has 1 rings (SSSR count). The number of anilines is 1. The van der Waals surface area contributed by atoms with Crippen molar-refractivity contribution in [1.29, 1.82) is 0 Å². The van der Waals surface area contributed by atoms with Crippen LogP contribution in [-0.4, -0.2) is 37.9 Å². The molecule has 0 aromatic carbocycles. The van der Waals surface area contributed by atoms with E-state index in [0.29, 0.717) is 5.69 Å². The molecule has 0 unspecified atom stereocenters. The van der Waals surface area contributed by atoms with Crippen molar-refractivity contribution in [2.45, 2.75) is 6.29 Å². The van der Waals surface area contributed by atoms with Gasteiger partial charge in [0.15, 0.2) is 12.0 Å². The average molecular weight is 225 g/mol. The molecule has 88 valence electrons. The van der Waals surface area contributed by atoms with E-state index in [0.717, 1.165) is 0 Å². The molecule has 0 atom stereocenters. The van der Waals surface area contributed by atoms with E-state index >= 15 is 0 Å². The second-order valence-corrected chi connectivity index (χ2v) is 3.05. The normalized spacial score (nSPS) is 10.4. The lowest BCUT2D eigenvalue weighted by Gasteiger charge is -2.14. The topological polar surface area (TPSA) is 86.5 Å². The Balaban J connectivity index is 2.56. The lowest BCUT2D eigenvalue weighted by atomic mass is 10.3. The van der Waals surface area contributed by atoms with Crippen molar-refractivity contribution in [3.8, 4) is 0 Å². The SMILES string of the molecule is COC(CNC(=O)c1ncccc1N)OC. The number of hydrogen-bond acceptors (Lipinski definition) is 5. The summed E-state index contributed by atoms with van der Waals surface area (Å²) in [5, 5.41) is 2.61. The summed E-state index contributed by atoms with van der Waals surface area (Å²) in [4.78, 5) is 15.5. The van der Waals surface area contributed by atoms with Gasteiger partial charge in [0.05, 0.1) is 12.2 Å². The maximum Gasteiger partial charge on any atom is 0.272 e. The third-order valence-electron chi connectivity index (χ3n) is 2.01. The standard InChI is InChI=1S/C10H15N3O3/c1-15-8(16-2)6-13-10(14)9-7(11)4-3-5-12-9/h3-5,8H,6,11H2,1-2H3,(H,13,14). The van der Waals surface area contributed by atoms with Crippen LogP contribution in [0.4, 0.5) is 5.69 Å². The van der Waals surface area contributed by atoms with E-state index in [9.17, 15) is 4.79 Å². The summed E-state index contributed by atoms with van der Waals surface area (Å²) in [6.45, 7) is 0.238. The number of carbonyl (C=O) groups is 1. The van der Waals surface area contributed by atoms with Crippen molar-refractivity contribution in [3.63, 3.8) is 0 Å². The molecular formula is C10H15N3O3. The van der Waals surface area contributed by atoms with E-state index in [4.69, 9.17) is 15.2 Å². The van der Waals surface area contributed by atoms with Crippen LogP contribution in [0.3, 0.4) is 0 Å². The first-order valence-electron chi connectivity index (χ1n) is 4.73. The van der Waals surface area contributed by atoms with Gasteiger partial charge >= 0.3 is 0 Å². The van der Waals surface area contributed by atoms with Gasteiger partial charge in [-0.1, -0.05) is 0 Å². The molecule has 6 heteroatoms. The molecule has 0 aliphatic carbocycles. The van der Waals surface area contributed by atoms with Gasteiger partial charge in [0, 0.05) is 20.4 Å². The highest BCUT2D eigenvalue weighted by molar-refractivity contribution is 5.96. The van der Waals surface area contributed by atoms with Gasteiger partial charge in [-0.25, -0.2) is 4.98 Å². The van der Waals surface area contributed by atoms with Gasteiger partial charge in [-0.2, -0.15) is 0 Å². The number of nitrogens with one attached hydrogen (secondary N) is 1. The van der Waals surface area contributed by atoms with Gasteiger partial charge in [0.25, 0.3) is 5.91 Å². The fourth-order valence-electron chi connectivity index (χ4n) is 1.13. The first kappa shape index (κ1) is 12.4. The average Bonchev–Trinajstić information content (AvgIpc) is 2.30. The minimum absolute atomic E-state index is 0.202. The Hall–Kier alpha value is -1.66. The summed E-state index contributed by atoms with van der Waals surface area (Å²) < 4.78 is 9.85. The van der Waals surface area contributed by atoms with Gasteiger partial charge in [0.2, 0.25) is 0 Å². The van der Waals surface area contributed by atoms with E-state index in [1.54, 1.807) is 12.1 Å². The summed E-state index contributed by atoms with van der Waals surface area (Å²) in [6, 6.07) is 3.28. The zero-order chi connectivity index (χ0) is 12.0. The van der Waals surface area contributed by atoms with Crippen LogP contribution in [0.25, 0.3) is 0 Å². The zero-order valence-corrected chi connectivity index (χ0v) is 9.27. The second-order valence-electron chi connectivity index (χ2n) is 3.05. The van der Waals surface area contributed by atoms with E-state index in [1.165, 1.54) is 20.4 Å². The Morgan fingerprint density at radius 3 is 2.81 bits per heavy atom. The fourth-order valence-corrected chi connectivity index (χ4v) is 1.13. The Kier molecular flexibility index (Phi) is 4.68. The molecule has 1 heterocycles. The number of nitrogens with two attached hydrogens (primary N) is 1. The summed E-state index contributed by atoms with van der Waals surface area (Å²) in [6.07, 6.45) is 1.03. The molecule has 0 radical (unpaired) electrons. The van der Waals surface area contributed by atoms with Crippen LogP contribution in [0.1, 0.15) is 10.5 Å². The minimum atomic E-state index is -0.478. The Bertz CT molecular complexity index is 353. The molecule has 0 aliphatic rings. The molecule has 0 spiro atoms. The molecular weight excluding hydrogens is 210 g/mol. The van der Waals surface area contributed by atoms with Crippen LogP contribution < -0.4 is 11.1 Å². The van der Waals surface area contributed by atoms with Crippen molar-refractivity contribution in [1.82, 2.24) is 10.3 Å². The lowest BCUT2D eigenvalue weighted by Crippen LogP contribution is -2.34. The van der Waals surface area contributed by atoms with Crippen LogP contribution in [0.2, 0.25) is 0 Å². The van der Waals surface area contributed by atoms with Gasteiger partial charge in [0.1, 0.15) is 0 Å². The molecule has 0 fully saturated rings. The Morgan fingerprint density at radius 2 is 2.25 bits per heavy atom. The number of nitrogens with zero attached hydrogens (tertiary/aromatic N) is 1. The van der Waals surface area contributed by atoms with Gasteiger partial charge < -0.3 is 20.5 Å². The number of aromatic nitrogens is 1. The molecule has 1 aromatic rings. The number of ether oxygens (including phenoxy) is 2. The highest BCUT2D eigenvalue weighted by Crippen LogP contribution is 2.06. The summed E-state index contributed by atoms with van der Waals surface area (Å²) in [5.74, 6) is -0.350. The summed E-state index contributed by atoms with van der Waals surface area (Å²) >= 11 is 0. The van der Waals surface area contributed by atoms with E-state index in [1.807, 2.05) is 0 Å². The van der Waals surface area contributed by atoms with Crippen LogP contribution in [-0.2, 0) is 9.47 Å². The molecule has 3 N–H and O–H groups in total. The fraction of sp³-hybridized carbons (Fsp3) is 0.400. The summed E-state index contributed by atoms with van der Waals surface area (Å²) in [5.41, 5.74) is 6.15. The van der Waals surface area contributed by atoms with Crippen LogP contribution in [0.5, 0.6) is 0 Å². The Labute approximate surface area is 93.8 Å². The van der Waals surface area contributed by atoms with E-state index in [-0.39, 0.29) is 18.1 Å². The smallest absolute Gasteiger partial charge is 0.272 e. The number of nitrogen functional groups attached to an aromatic ring is 1. The van der Waals surface area contributed by atoms with Gasteiger partial charge in [-0.3, -0.25) is 4.79 Å². The van der Waals surface area contributed by atoms with Crippen molar-refractivity contribution >= 4 is 11.6 Å². The number of methoxy groups -OCH3 is 2. The second kappa shape index (κ2) is 6.04. The molecule has 0 saturated heterocycles. The van der Waals surface area contributed by atoms with Gasteiger partial charge in [-0.05, 0) is 12.1 Å². The van der Waals surface area contributed by atoms with E-state index < -0.39 is 6.29 Å². The predicted molar refractivity (Wildman–Crippen MR) is 58.8 cm³/mol. The van der Waals surface area contributed by atoms with Crippen molar-refractivity contribution in [2.75, 3.05) is 26.5 Å². The molecule has 16 heavy (non-hydrogen) atoms. The maximum absolute atomic E-state index is 11.6. The molecule has 1 aromatic heterocycles. The molecule has 0 saturated carbocycles.